The molecule has 0 aliphatic carbocycles. The van der Waals surface area contributed by atoms with Crippen LogP contribution in [0.2, 0.25) is 5.02 Å². The number of nitrogens with zero attached hydrogens (tertiary/aromatic N) is 1. The Kier molecular flexibility index (Phi) is 2.05. The second-order valence-corrected chi connectivity index (χ2v) is 3.25. The summed E-state index contributed by atoms with van der Waals surface area (Å²) in [6.45, 7) is 0. The number of nitrogen functional groups attached to an aromatic ring is 1. The first-order chi connectivity index (χ1) is 6.68. The van der Waals surface area contributed by atoms with Gasteiger partial charge in [-0.25, -0.2) is 4.79 Å². The van der Waals surface area contributed by atoms with Gasteiger partial charge in [-0.15, -0.1) is 0 Å². The van der Waals surface area contributed by atoms with Crippen molar-refractivity contribution in [1.82, 2.24) is 9.55 Å². The van der Waals surface area contributed by atoms with Crippen LogP contribution in [0.25, 0.3) is 5.69 Å². The largest absolute Gasteiger partial charge is 0.398 e. The number of halogens is 1. The van der Waals surface area contributed by atoms with Crippen molar-refractivity contribution in [3.05, 3.63) is 46.1 Å². The lowest BCUT2D eigenvalue weighted by atomic mass is 10.3. The second kappa shape index (κ2) is 3.23. The standard InChI is InChI=1S/C9H8ClN3O/c10-7-5-6(1-2-8(7)11)13-4-3-12-9(13)14/h1-5H,11H2,(H,12,14). The maximum Gasteiger partial charge on any atom is 0.330 e. The molecule has 0 amide bonds. The molecular weight excluding hydrogens is 202 g/mol. The van der Waals surface area contributed by atoms with Crippen molar-refractivity contribution in [3.8, 4) is 5.69 Å². The van der Waals surface area contributed by atoms with Crippen LogP contribution in [-0.4, -0.2) is 9.55 Å². The van der Waals surface area contributed by atoms with E-state index in [0.29, 0.717) is 16.4 Å². The van der Waals surface area contributed by atoms with Gasteiger partial charge in [0, 0.05) is 12.4 Å². The van der Waals surface area contributed by atoms with Crippen molar-refractivity contribution >= 4 is 17.3 Å². The van der Waals surface area contributed by atoms with E-state index in [0.717, 1.165) is 0 Å². The molecule has 0 atom stereocenters. The van der Waals surface area contributed by atoms with Crippen LogP contribution in [0.5, 0.6) is 0 Å². The van der Waals surface area contributed by atoms with E-state index in [-0.39, 0.29) is 5.69 Å². The molecule has 0 radical (unpaired) electrons. The molecule has 0 aliphatic rings. The number of aromatic amines is 1. The fraction of sp³-hybridized carbons (Fsp3) is 0. The monoisotopic (exact) mass is 209 g/mol. The van der Waals surface area contributed by atoms with Gasteiger partial charge in [0.1, 0.15) is 0 Å². The van der Waals surface area contributed by atoms with Crippen LogP contribution in [0.4, 0.5) is 5.69 Å². The van der Waals surface area contributed by atoms with Crippen molar-refractivity contribution in [1.29, 1.82) is 0 Å². The van der Waals surface area contributed by atoms with Crippen LogP contribution in [0.1, 0.15) is 0 Å². The average molecular weight is 210 g/mol. The van der Waals surface area contributed by atoms with Crippen LogP contribution < -0.4 is 11.4 Å². The number of hydrogen-bond donors (Lipinski definition) is 2. The minimum Gasteiger partial charge on any atom is -0.398 e. The van der Waals surface area contributed by atoms with E-state index in [1.165, 1.54) is 4.57 Å². The molecule has 2 aromatic rings. The Balaban J connectivity index is 2.59. The van der Waals surface area contributed by atoms with Crippen molar-refractivity contribution in [2.45, 2.75) is 0 Å². The van der Waals surface area contributed by atoms with Gasteiger partial charge < -0.3 is 10.7 Å². The van der Waals surface area contributed by atoms with E-state index in [1.54, 1.807) is 30.6 Å². The van der Waals surface area contributed by atoms with Gasteiger partial charge in [0.2, 0.25) is 0 Å². The molecule has 0 saturated carbocycles. The van der Waals surface area contributed by atoms with E-state index in [1.807, 2.05) is 0 Å². The average Bonchev–Trinajstić information content (AvgIpc) is 2.57. The summed E-state index contributed by atoms with van der Waals surface area (Å²) in [4.78, 5) is 13.8. The SMILES string of the molecule is Nc1ccc(-n2cc[nH]c2=O)cc1Cl. The van der Waals surface area contributed by atoms with Gasteiger partial charge >= 0.3 is 5.69 Å². The third-order valence-electron chi connectivity index (χ3n) is 1.91. The number of imidazole rings is 1. The van der Waals surface area contributed by atoms with Gasteiger partial charge in [-0.2, -0.15) is 0 Å². The van der Waals surface area contributed by atoms with Crippen LogP contribution in [0.15, 0.2) is 35.4 Å². The Bertz CT molecular complexity index is 515. The zero-order valence-electron chi connectivity index (χ0n) is 7.20. The molecule has 0 spiro atoms. The van der Waals surface area contributed by atoms with E-state index < -0.39 is 0 Å². The first kappa shape index (κ1) is 8.90. The number of H-pyrrole nitrogens is 1. The minimum atomic E-state index is -0.203. The summed E-state index contributed by atoms with van der Waals surface area (Å²) in [5.74, 6) is 0. The van der Waals surface area contributed by atoms with Crippen LogP contribution in [0, 0.1) is 0 Å². The summed E-state index contributed by atoms with van der Waals surface area (Å²) in [5.41, 5.74) is 6.54. The Morgan fingerprint density at radius 1 is 1.43 bits per heavy atom. The summed E-state index contributed by atoms with van der Waals surface area (Å²) >= 11 is 5.83. The highest BCUT2D eigenvalue weighted by Gasteiger charge is 2.02. The van der Waals surface area contributed by atoms with E-state index in [9.17, 15) is 4.79 Å². The van der Waals surface area contributed by atoms with E-state index in [4.69, 9.17) is 17.3 Å². The van der Waals surface area contributed by atoms with Crippen LogP contribution in [-0.2, 0) is 0 Å². The molecule has 0 aliphatic heterocycles. The molecule has 0 bridgehead atoms. The van der Waals surface area contributed by atoms with Gasteiger partial charge in [0.15, 0.2) is 0 Å². The normalized spacial score (nSPS) is 10.4. The van der Waals surface area contributed by atoms with E-state index in [2.05, 4.69) is 4.98 Å². The summed E-state index contributed by atoms with van der Waals surface area (Å²) in [7, 11) is 0. The third-order valence-corrected chi connectivity index (χ3v) is 2.24. The zero-order chi connectivity index (χ0) is 10.1. The van der Waals surface area contributed by atoms with Crippen LogP contribution >= 0.6 is 11.6 Å². The fourth-order valence-corrected chi connectivity index (χ4v) is 1.36. The molecule has 72 valence electrons. The number of rotatable bonds is 1. The highest BCUT2D eigenvalue weighted by atomic mass is 35.5. The number of anilines is 1. The number of benzene rings is 1. The molecule has 0 fully saturated rings. The van der Waals surface area contributed by atoms with Crippen molar-refractivity contribution in [2.24, 2.45) is 0 Å². The number of nitrogens with one attached hydrogen (secondary N) is 1. The van der Waals surface area contributed by atoms with Crippen molar-refractivity contribution < 1.29 is 0 Å². The quantitative estimate of drug-likeness (QED) is 0.698. The topological polar surface area (TPSA) is 63.8 Å². The lowest BCUT2D eigenvalue weighted by Gasteiger charge is -2.03. The first-order valence-electron chi connectivity index (χ1n) is 4.00. The Morgan fingerprint density at radius 3 is 2.79 bits per heavy atom. The lowest BCUT2D eigenvalue weighted by molar-refractivity contribution is 0.988. The molecule has 4 nitrogen and oxygen atoms in total. The summed E-state index contributed by atoms with van der Waals surface area (Å²) in [6.07, 6.45) is 3.19. The highest BCUT2D eigenvalue weighted by Crippen LogP contribution is 2.20. The maximum absolute atomic E-state index is 11.2. The molecule has 1 aromatic carbocycles. The first-order valence-corrected chi connectivity index (χ1v) is 4.38. The molecule has 1 heterocycles. The molecule has 0 saturated heterocycles. The molecule has 2 rings (SSSR count). The van der Waals surface area contributed by atoms with Crippen molar-refractivity contribution in [2.75, 3.05) is 5.73 Å². The maximum atomic E-state index is 11.2. The summed E-state index contributed by atoms with van der Waals surface area (Å²) in [6, 6.07) is 5.04. The summed E-state index contributed by atoms with van der Waals surface area (Å²) in [5, 5.41) is 0.440. The zero-order valence-corrected chi connectivity index (χ0v) is 7.95. The van der Waals surface area contributed by atoms with Gasteiger partial charge in [-0.1, -0.05) is 11.6 Å². The molecule has 5 heteroatoms. The van der Waals surface area contributed by atoms with Gasteiger partial charge in [-0.05, 0) is 18.2 Å². The van der Waals surface area contributed by atoms with Gasteiger partial charge in [0.05, 0.1) is 16.4 Å². The fourth-order valence-electron chi connectivity index (χ4n) is 1.19. The molecular formula is C9H8ClN3O. The molecule has 14 heavy (non-hydrogen) atoms. The highest BCUT2D eigenvalue weighted by molar-refractivity contribution is 6.33. The number of aromatic nitrogens is 2. The predicted octanol–water partition coefficient (Wildman–Crippen LogP) is 1.40. The predicted molar refractivity (Wildman–Crippen MR) is 55.8 cm³/mol. The molecule has 0 unspecified atom stereocenters. The van der Waals surface area contributed by atoms with Crippen molar-refractivity contribution in [3.63, 3.8) is 0 Å². The number of nitrogens with two attached hydrogens (primary N) is 1. The molecule has 3 N–H and O–H groups in total. The Labute approximate surface area is 84.9 Å². The van der Waals surface area contributed by atoms with Crippen LogP contribution in [0.3, 0.4) is 0 Å². The van der Waals surface area contributed by atoms with E-state index >= 15 is 0 Å². The lowest BCUT2D eigenvalue weighted by Crippen LogP contribution is -2.13. The second-order valence-electron chi connectivity index (χ2n) is 2.84. The van der Waals surface area contributed by atoms with Gasteiger partial charge in [-0.3, -0.25) is 4.57 Å². The van der Waals surface area contributed by atoms with Gasteiger partial charge in [0.25, 0.3) is 0 Å². The number of hydrogen-bond acceptors (Lipinski definition) is 2. The molecule has 1 aromatic heterocycles. The Hall–Kier alpha value is -1.68. The summed E-state index contributed by atoms with van der Waals surface area (Å²) < 4.78 is 1.45. The smallest absolute Gasteiger partial charge is 0.330 e. The Morgan fingerprint density at radius 2 is 2.21 bits per heavy atom. The third kappa shape index (κ3) is 1.40. The minimum absolute atomic E-state index is 0.203.